The van der Waals surface area contributed by atoms with Crippen LogP contribution >= 0.6 is 0 Å². The summed E-state index contributed by atoms with van der Waals surface area (Å²) in [6, 6.07) is 0. The van der Waals surface area contributed by atoms with E-state index in [4.69, 9.17) is 0 Å². The Morgan fingerprint density at radius 3 is 1.31 bits per heavy atom. The Labute approximate surface area is 142 Å². The van der Waals surface area contributed by atoms with E-state index in [1.165, 1.54) is 0 Å². The maximum absolute atomic E-state index is 14.0. The van der Waals surface area contributed by atoms with Gasteiger partial charge in [-0.05, 0) is 12.2 Å². The molecule has 0 N–H and O–H groups in total. The highest BCUT2D eigenvalue weighted by Crippen LogP contribution is 2.31. The second-order valence-electron chi connectivity index (χ2n) is 5.43. The molecule has 0 atom stereocenters. The molecular formula is C16H11F8N2+. The maximum atomic E-state index is 14.0. The molecule has 2 aromatic rings. The molecule has 10 heteroatoms. The number of nitrogens with zero attached hydrogens (tertiary/aromatic N) is 2. The first kappa shape index (κ1) is 19.7. The van der Waals surface area contributed by atoms with Crippen LogP contribution in [0.3, 0.4) is 0 Å². The van der Waals surface area contributed by atoms with Crippen LogP contribution in [0.1, 0.15) is 11.1 Å². The van der Waals surface area contributed by atoms with Crippen LogP contribution in [0.5, 0.6) is 0 Å². The normalized spacial score (nSPS) is 11.5. The van der Waals surface area contributed by atoms with Gasteiger partial charge in [-0.2, -0.15) is 8.78 Å². The summed E-state index contributed by atoms with van der Waals surface area (Å²) in [5.74, 6) is -14.4. The van der Waals surface area contributed by atoms with Gasteiger partial charge in [-0.15, -0.1) is 13.3 Å². The molecule has 0 saturated heterocycles. The van der Waals surface area contributed by atoms with Crippen LogP contribution in [-0.4, -0.2) is 14.1 Å². The third kappa shape index (κ3) is 2.99. The predicted molar refractivity (Wildman–Crippen MR) is 77.0 cm³/mol. The Morgan fingerprint density at radius 1 is 0.615 bits per heavy atom. The van der Waals surface area contributed by atoms with Crippen LogP contribution in [0, 0.1) is 46.8 Å². The molecule has 140 valence electrons. The quantitative estimate of drug-likeness (QED) is 0.338. The molecule has 26 heavy (non-hydrogen) atoms. The highest BCUT2D eigenvalue weighted by atomic mass is 19.2. The molecule has 1 heterocycles. The van der Waals surface area contributed by atoms with E-state index in [1.807, 2.05) is 0 Å². The Hall–Kier alpha value is -2.65. The fourth-order valence-electron chi connectivity index (χ4n) is 2.19. The van der Waals surface area contributed by atoms with E-state index in [9.17, 15) is 35.1 Å². The SMILES string of the molecule is CN(C)c1c(F)c(F)c(/C=C/c2c(F)c(F)[n+](C)c(F)c2F)c(F)c1F. The molecule has 0 amide bonds. The zero-order chi connectivity index (χ0) is 19.9. The number of anilines is 1. The fourth-order valence-corrected chi connectivity index (χ4v) is 2.19. The molecule has 0 aliphatic heterocycles. The lowest BCUT2D eigenvalue weighted by Gasteiger charge is -2.16. The van der Waals surface area contributed by atoms with Crippen LogP contribution < -0.4 is 9.47 Å². The highest BCUT2D eigenvalue weighted by Gasteiger charge is 2.30. The van der Waals surface area contributed by atoms with Crippen molar-refractivity contribution in [2.45, 2.75) is 0 Å². The van der Waals surface area contributed by atoms with Crippen molar-refractivity contribution in [3.05, 3.63) is 57.9 Å². The standard InChI is InChI=1S/C16H11F8N2/c1-25(2)14-12(21)8(17)6(9(18)13(14)22)4-5-7-10(19)15(23)26(3)16(24)11(7)20/h4-5H,1-3H3/q+1. The predicted octanol–water partition coefficient (Wildman–Crippen LogP) is 3.86. The van der Waals surface area contributed by atoms with Gasteiger partial charge in [0.1, 0.15) is 12.7 Å². The summed E-state index contributed by atoms with van der Waals surface area (Å²) in [4.78, 5) is 0.783. The molecule has 0 saturated carbocycles. The lowest BCUT2D eigenvalue weighted by Crippen LogP contribution is -2.40. The molecule has 0 aliphatic carbocycles. The third-order valence-electron chi connectivity index (χ3n) is 3.56. The highest BCUT2D eigenvalue weighted by molar-refractivity contribution is 5.72. The fraction of sp³-hybridized carbons (Fsp3) is 0.188. The summed E-state index contributed by atoms with van der Waals surface area (Å²) in [7, 11) is 2.97. The zero-order valence-electron chi connectivity index (χ0n) is 13.6. The molecule has 0 unspecified atom stereocenters. The van der Waals surface area contributed by atoms with Crippen molar-refractivity contribution >= 4 is 17.8 Å². The van der Waals surface area contributed by atoms with E-state index >= 15 is 0 Å². The minimum absolute atomic E-state index is 0.0611. The van der Waals surface area contributed by atoms with Gasteiger partial charge in [-0.25, -0.2) is 17.6 Å². The van der Waals surface area contributed by atoms with Crippen LogP contribution in [0.4, 0.5) is 40.8 Å². The number of aromatic nitrogens is 1. The lowest BCUT2D eigenvalue weighted by atomic mass is 10.1. The molecule has 0 bridgehead atoms. The molecule has 0 aliphatic rings. The first-order valence-electron chi connectivity index (χ1n) is 6.94. The van der Waals surface area contributed by atoms with Crippen LogP contribution in [0.15, 0.2) is 0 Å². The van der Waals surface area contributed by atoms with E-state index < -0.39 is 63.6 Å². The van der Waals surface area contributed by atoms with Crippen LogP contribution in [-0.2, 0) is 7.05 Å². The van der Waals surface area contributed by atoms with Crippen molar-refractivity contribution in [2.75, 3.05) is 19.0 Å². The number of pyridine rings is 1. The molecule has 2 nitrogen and oxygen atoms in total. The van der Waals surface area contributed by atoms with Gasteiger partial charge >= 0.3 is 11.9 Å². The van der Waals surface area contributed by atoms with Gasteiger partial charge in [0.2, 0.25) is 11.6 Å². The summed E-state index contributed by atoms with van der Waals surface area (Å²) in [6.45, 7) is 0. The van der Waals surface area contributed by atoms with Gasteiger partial charge in [0.15, 0.2) is 23.3 Å². The topological polar surface area (TPSA) is 7.12 Å². The Kier molecular flexibility index (Phi) is 5.24. The van der Waals surface area contributed by atoms with E-state index in [0.717, 1.165) is 19.0 Å². The van der Waals surface area contributed by atoms with Crippen molar-refractivity contribution in [2.24, 2.45) is 7.05 Å². The molecule has 1 aromatic heterocycles. The summed E-state index contributed by atoms with van der Waals surface area (Å²) >= 11 is 0. The summed E-state index contributed by atoms with van der Waals surface area (Å²) in [5, 5.41) is 0. The number of rotatable bonds is 3. The molecular weight excluding hydrogens is 372 g/mol. The maximum Gasteiger partial charge on any atom is 0.398 e. The summed E-state index contributed by atoms with van der Waals surface area (Å²) in [5.41, 5.74) is -3.62. The Bertz CT molecular complexity index is 863. The average Bonchev–Trinajstić information content (AvgIpc) is 2.58. The van der Waals surface area contributed by atoms with E-state index in [2.05, 4.69) is 0 Å². The van der Waals surface area contributed by atoms with E-state index in [1.54, 1.807) is 0 Å². The Balaban J connectivity index is 2.68. The number of benzene rings is 1. The summed E-state index contributed by atoms with van der Waals surface area (Å²) < 4.78 is 110. The molecule has 0 fully saturated rings. The van der Waals surface area contributed by atoms with Gasteiger partial charge in [0, 0.05) is 14.1 Å². The largest absolute Gasteiger partial charge is 0.398 e. The smallest absolute Gasteiger partial charge is 0.373 e. The average molecular weight is 383 g/mol. The molecule has 2 rings (SSSR count). The van der Waals surface area contributed by atoms with E-state index in [0.29, 0.717) is 7.05 Å². The monoisotopic (exact) mass is 383 g/mol. The van der Waals surface area contributed by atoms with Crippen molar-refractivity contribution < 1.29 is 39.7 Å². The number of halogens is 8. The third-order valence-corrected chi connectivity index (χ3v) is 3.56. The van der Waals surface area contributed by atoms with Gasteiger partial charge in [0.05, 0.1) is 11.1 Å². The first-order valence-corrected chi connectivity index (χ1v) is 6.94. The first-order chi connectivity index (χ1) is 12.0. The Morgan fingerprint density at radius 2 is 0.962 bits per heavy atom. The van der Waals surface area contributed by atoms with Crippen molar-refractivity contribution in [3.8, 4) is 0 Å². The van der Waals surface area contributed by atoms with Crippen LogP contribution in [0.25, 0.3) is 12.2 Å². The minimum atomic E-state index is -1.85. The van der Waals surface area contributed by atoms with Crippen molar-refractivity contribution in [3.63, 3.8) is 0 Å². The molecule has 0 spiro atoms. The second-order valence-corrected chi connectivity index (χ2v) is 5.43. The summed E-state index contributed by atoms with van der Waals surface area (Å²) in [6.07, 6.45) is 0.545. The molecule has 1 aromatic carbocycles. The van der Waals surface area contributed by atoms with Crippen molar-refractivity contribution in [1.82, 2.24) is 0 Å². The number of hydrogen-bond donors (Lipinski definition) is 0. The van der Waals surface area contributed by atoms with Gasteiger partial charge in [-0.3, -0.25) is 0 Å². The van der Waals surface area contributed by atoms with E-state index in [-0.39, 0.29) is 16.7 Å². The minimum Gasteiger partial charge on any atom is -0.373 e. The van der Waals surface area contributed by atoms with Crippen molar-refractivity contribution in [1.29, 1.82) is 0 Å². The van der Waals surface area contributed by atoms with Gasteiger partial charge < -0.3 is 4.90 Å². The molecule has 0 radical (unpaired) electrons. The number of hydrogen-bond acceptors (Lipinski definition) is 1. The second kappa shape index (κ2) is 6.93. The van der Waals surface area contributed by atoms with Gasteiger partial charge in [-0.1, -0.05) is 0 Å². The zero-order valence-corrected chi connectivity index (χ0v) is 13.6. The van der Waals surface area contributed by atoms with Gasteiger partial charge in [0.25, 0.3) is 0 Å². The lowest BCUT2D eigenvalue weighted by molar-refractivity contribution is -0.730. The van der Waals surface area contributed by atoms with Crippen LogP contribution in [0.2, 0.25) is 0 Å².